The van der Waals surface area contributed by atoms with Gasteiger partial charge in [0.1, 0.15) is 17.7 Å². The van der Waals surface area contributed by atoms with Gasteiger partial charge in [-0.1, -0.05) is 0 Å². The third kappa shape index (κ3) is 3.68. The zero-order chi connectivity index (χ0) is 14.6. The van der Waals surface area contributed by atoms with Crippen molar-refractivity contribution in [3.63, 3.8) is 0 Å². The average molecular weight is 274 g/mol. The molecule has 0 aliphatic rings. The predicted molar refractivity (Wildman–Crippen MR) is 52.2 cm³/mol. The van der Waals surface area contributed by atoms with Gasteiger partial charge in [0, 0.05) is 5.56 Å². The van der Waals surface area contributed by atoms with Crippen molar-refractivity contribution in [1.29, 1.82) is 10.5 Å². The van der Waals surface area contributed by atoms with E-state index in [-0.39, 0.29) is 0 Å². The van der Waals surface area contributed by atoms with E-state index in [2.05, 4.69) is 4.74 Å². The Bertz CT molecular complexity index is 591. The van der Waals surface area contributed by atoms with Crippen LogP contribution in [0.5, 0.6) is 5.75 Å². The minimum absolute atomic E-state index is 0.530. The number of hydrogen-bond acceptors (Lipinski definition) is 3. The maximum atomic E-state index is 13.6. The fourth-order valence-corrected chi connectivity index (χ4v) is 1.11. The molecule has 0 saturated heterocycles. The third-order valence-corrected chi connectivity index (χ3v) is 1.84. The molecule has 1 aromatic rings. The van der Waals surface area contributed by atoms with E-state index in [1.54, 1.807) is 0 Å². The molecule has 0 spiro atoms. The molecule has 0 aromatic heterocycles. The van der Waals surface area contributed by atoms with Gasteiger partial charge in [-0.25, -0.2) is 8.78 Å². The first kappa shape index (κ1) is 14.5. The summed E-state index contributed by atoms with van der Waals surface area (Å²) in [5, 5.41) is 16.9. The molecule has 0 fully saturated rings. The first-order valence-corrected chi connectivity index (χ1v) is 4.54. The van der Waals surface area contributed by atoms with Crippen LogP contribution in [0.3, 0.4) is 0 Å². The molecule has 0 unspecified atom stereocenters. The van der Waals surface area contributed by atoms with Crippen LogP contribution in [0.2, 0.25) is 0 Å². The lowest BCUT2D eigenvalue weighted by molar-refractivity contribution is -0.276. The predicted octanol–water partition coefficient (Wildman–Crippen LogP) is 3.29. The first-order chi connectivity index (χ1) is 8.78. The lowest BCUT2D eigenvalue weighted by Gasteiger charge is -2.11. The SMILES string of the molecule is N#CC(C#N)=Cc1ccc(F)c(OC(F)(F)F)c1F. The lowest BCUT2D eigenvalue weighted by atomic mass is 10.1. The van der Waals surface area contributed by atoms with Crippen LogP contribution in [-0.2, 0) is 0 Å². The Kier molecular flexibility index (Phi) is 4.07. The second-order valence-electron chi connectivity index (χ2n) is 3.11. The fraction of sp³-hybridized carbons (Fsp3) is 0.0909. The molecular weight excluding hydrogens is 271 g/mol. The normalized spacial score (nSPS) is 10.3. The molecule has 0 radical (unpaired) electrons. The van der Waals surface area contributed by atoms with Gasteiger partial charge in [0.05, 0.1) is 0 Å². The van der Waals surface area contributed by atoms with Crippen LogP contribution < -0.4 is 4.74 Å². The van der Waals surface area contributed by atoms with Crippen LogP contribution in [0.15, 0.2) is 17.7 Å². The highest BCUT2D eigenvalue weighted by Gasteiger charge is 2.34. The van der Waals surface area contributed by atoms with Gasteiger partial charge in [0.2, 0.25) is 5.75 Å². The fourth-order valence-electron chi connectivity index (χ4n) is 1.11. The molecular formula is C11H3F5N2O. The standard InChI is InChI=1S/C11H3F5N2O/c12-8-2-1-7(3-6(4-17)5-18)9(13)10(8)19-11(14,15)16/h1-3H. The number of nitrogens with zero attached hydrogens (tertiary/aromatic N) is 2. The Balaban J connectivity index is 3.34. The van der Waals surface area contributed by atoms with Crippen molar-refractivity contribution >= 4 is 6.08 Å². The molecule has 0 N–H and O–H groups in total. The number of halogens is 5. The monoisotopic (exact) mass is 274 g/mol. The largest absolute Gasteiger partial charge is 0.573 e. The van der Waals surface area contributed by atoms with E-state index in [0.29, 0.717) is 12.1 Å². The summed E-state index contributed by atoms with van der Waals surface area (Å²) in [6.07, 6.45) is -4.59. The minimum atomic E-state index is -5.27. The van der Waals surface area contributed by atoms with Gasteiger partial charge in [-0.2, -0.15) is 10.5 Å². The number of benzene rings is 1. The number of alkyl halides is 3. The summed E-state index contributed by atoms with van der Waals surface area (Å²) in [5.74, 6) is -4.85. The Morgan fingerprint density at radius 3 is 2.21 bits per heavy atom. The summed E-state index contributed by atoms with van der Waals surface area (Å²) in [6.45, 7) is 0. The number of allylic oxidation sites excluding steroid dienone is 1. The smallest absolute Gasteiger partial charge is 0.399 e. The summed E-state index contributed by atoms with van der Waals surface area (Å²) in [4.78, 5) is 0. The second kappa shape index (κ2) is 5.36. The Morgan fingerprint density at radius 2 is 1.74 bits per heavy atom. The molecule has 8 heteroatoms. The van der Waals surface area contributed by atoms with E-state index in [0.717, 1.165) is 6.07 Å². The van der Waals surface area contributed by atoms with Crippen molar-refractivity contribution in [1.82, 2.24) is 0 Å². The lowest BCUT2D eigenvalue weighted by Crippen LogP contribution is -2.19. The van der Waals surface area contributed by atoms with Crippen LogP contribution in [0.4, 0.5) is 22.0 Å². The van der Waals surface area contributed by atoms with E-state index in [1.807, 2.05) is 0 Å². The molecule has 0 saturated carbocycles. The van der Waals surface area contributed by atoms with Crippen LogP contribution in [0, 0.1) is 34.3 Å². The second-order valence-corrected chi connectivity index (χ2v) is 3.11. The molecule has 3 nitrogen and oxygen atoms in total. The highest BCUT2D eigenvalue weighted by molar-refractivity contribution is 5.63. The van der Waals surface area contributed by atoms with Gasteiger partial charge < -0.3 is 4.74 Å². The molecule has 0 heterocycles. The minimum Gasteiger partial charge on any atom is -0.399 e. The van der Waals surface area contributed by atoms with Crippen LogP contribution in [0.25, 0.3) is 6.08 Å². The molecule has 0 bridgehead atoms. The zero-order valence-corrected chi connectivity index (χ0v) is 8.92. The highest BCUT2D eigenvalue weighted by Crippen LogP contribution is 2.31. The molecule has 19 heavy (non-hydrogen) atoms. The van der Waals surface area contributed by atoms with E-state index >= 15 is 0 Å². The van der Waals surface area contributed by atoms with Crippen molar-refractivity contribution in [2.24, 2.45) is 0 Å². The van der Waals surface area contributed by atoms with E-state index in [9.17, 15) is 22.0 Å². The van der Waals surface area contributed by atoms with Crippen LogP contribution in [-0.4, -0.2) is 6.36 Å². The summed E-state index contributed by atoms with van der Waals surface area (Å²) < 4.78 is 65.7. The van der Waals surface area contributed by atoms with Gasteiger partial charge in [-0.3, -0.25) is 0 Å². The number of nitriles is 2. The molecule has 0 aliphatic heterocycles. The van der Waals surface area contributed by atoms with Gasteiger partial charge >= 0.3 is 6.36 Å². The number of hydrogen-bond donors (Lipinski definition) is 0. The molecule has 0 aliphatic carbocycles. The summed E-state index contributed by atoms with van der Waals surface area (Å²) in [5.41, 5.74) is -1.12. The first-order valence-electron chi connectivity index (χ1n) is 4.54. The molecule has 0 amide bonds. The van der Waals surface area contributed by atoms with E-state index < -0.39 is 34.9 Å². The van der Waals surface area contributed by atoms with Gasteiger partial charge in [0.15, 0.2) is 11.6 Å². The molecule has 0 atom stereocenters. The van der Waals surface area contributed by atoms with Gasteiger partial charge in [-0.15, -0.1) is 13.2 Å². The maximum absolute atomic E-state index is 13.6. The van der Waals surface area contributed by atoms with Crippen LogP contribution >= 0.6 is 0 Å². The molecule has 98 valence electrons. The Labute approximate surface area is 103 Å². The van der Waals surface area contributed by atoms with Crippen molar-refractivity contribution < 1.29 is 26.7 Å². The van der Waals surface area contributed by atoms with Gasteiger partial charge in [-0.05, 0) is 18.2 Å². The summed E-state index contributed by atoms with van der Waals surface area (Å²) >= 11 is 0. The van der Waals surface area contributed by atoms with Crippen molar-refractivity contribution in [3.8, 4) is 17.9 Å². The quantitative estimate of drug-likeness (QED) is 0.614. The maximum Gasteiger partial charge on any atom is 0.573 e. The van der Waals surface area contributed by atoms with Crippen LogP contribution in [0.1, 0.15) is 5.56 Å². The topological polar surface area (TPSA) is 56.8 Å². The number of rotatable bonds is 2. The summed E-state index contributed by atoms with van der Waals surface area (Å²) in [7, 11) is 0. The Morgan fingerprint density at radius 1 is 1.16 bits per heavy atom. The average Bonchev–Trinajstić information content (AvgIpc) is 2.32. The number of ether oxygens (including phenoxy) is 1. The van der Waals surface area contributed by atoms with Crippen molar-refractivity contribution in [2.45, 2.75) is 6.36 Å². The third-order valence-electron chi connectivity index (χ3n) is 1.84. The highest BCUT2D eigenvalue weighted by atomic mass is 19.4. The van der Waals surface area contributed by atoms with E-state index in [4.69, 9.17) is 10.5 Å². The summed E-state index contributed by atoms with van der Waals surface area (Å²) in [6, 6.07) is 4.08. The van der Waals surface area contributed by atoms with Crippen molar-refractivity contribution in [2.75, 3.05) is 0 Å². The van der Waals surface area contributed by atoms with E-state index in [1.165, 1.54) is 12.1 Å². The molecule has 1 rings (SSSR count). The molecule has 1 aromatic carbocycles. The van der Waals surface area contributed by atoms with Gasteiger partial charge in [0.25, 0.3) is 0 Å². The Hall–Kier alpha value is -2.61. The zero-order valence-electron chi connectivity index (χ0n) is 8.92. The van der Waals surface area contributed by atoms with Crippen molar-refractivity contribution in [3.05, 3.63) is 34.9 Å².